The molecule has 94 valence electrons. The van der Waals surface area contributed by atoms with Crippen molar-refractivity contribution in [3.63, 3.8) is 0 Å². The SMILES string of the molecule is CC(Cc1c[nH]c2ncsc12)NCC(C)(C)F. The minimum atomic E-state index is -1.16. The van der Waals surface area contributed by atoms with Crippen molar-refractivity contribution in [3.8, 4) is 0 Å². The third kappa shape index (κ3) is 3.26. The topological polar surface area (TPSA) is 40.7 Å². The molecular weight excluding hydrogens is 237 g/mol. The van der Waals surface area contributed by atoms with E-state index >= 15 is 0 Å². The van der Waals surface area contributed by atoms with Crippen LogP contribution in [-0.4, -0.2) is 28.2 Å². The highest BCUT2D eigenvalue weighted by Crippen LogP contribution is 2.22. The van der Waals surface area contributed by atoms with Gasteiger partial charge in [-0.1, -0.05) is 0 Å². The molecule has 2 heterocycles. The standard InChI is InChI=1S/C12H18FN3S/c1-8(15-6-12(2,3)13)4-9-5-14-11-10(9)17-7-16-11/h5,7-8,14-15H,4,6H2,1-3H3. The Kier molecular flexibility index (Phi) is 3.49. The average Bonchev–Trinajstić information content (AvgIpc) is 2.79. The fourth-order valence-electron chi connectivity index (χ4n) is 1.77. The summed E-state index contributed by atoms with van der Waals surface area (Å²) in [7, 11) is 0. The number of rotatable bonds is 5. The first-order valence-corrected chi connectivity index (χ1v) is 6.65. The van der Waals surface area contributed by atoms with E-state index in [1.54, 1.807) is 25.2 Å². The molecule has 2 aromatic heterocycles. The van der Waals surface area contributed by atoms with Gasteiger partial charge in [-0.25, -0.2) is 9.37 Å². The summed E-state index contributed by atoms with van der Waals surface area (Å²) >= 11 is 1.64. The highest BCUT2D eigenvalue weighted by molar-refractivity contribution is 7.16. The number of hydrogen-bond donors (Lipinski definition) is 2. The van der Waals surface area contributed by atoms with Crippen molar-refractivity contribution in [2.24, 2.45) is 0 Å². The van der Waals surface area contributed by atoms with Crippen molar-refractivity contribution in [2.45, 2.75) is 38.9 Å². The minimum Gasteiger partial charge on any atom is -0.345 e. The Hall–Kier alpha value is -0.940. The molecule has 0 saturated heterocycles. The largest absolute Gasteiger partial charge is 0.345 e. The molecule has 0 radical (unpaired) electrons. The van der Waals surface area contributed by atoms with E-state index in [0.717, 1.165) is 12.1 Å². The van der Waals surface area contributed by atoms with Crippen molar-refractivity contribution in [1.29, 1.82) is 0 Å². The van der Waals surface area contributed by atoms with Crippen molar-refractivity contribution in [2.75, 3.05) is 6.54 Å². The molecule has 0 amide bonds. The first-order valence-electron chi connectivity index (χ1n) is 5.77. The van der Waals surface area contributed by atoms with Gasteiger partial charge < -0.3 is 10.3 Å². The Balaban J connectivity index is 1.95. The number of halogens is 1. The molecule has 2 N–H and O–H groups in total. The molecule has 0 aliphatic heterocycles. The van der Waals surface area contributed by atoms with Gasteiger partial charge in [0, 0.05) is 18.8 Å². The number of nitrogens with one attached hydrogen (secondary N) is 2. The Morgan fingerprint density at radius 2 is 2.35 bits per heavy atom. The highest BCUT2D eigenvalue weighted by Gasteiger charge is 2.17. The normalized spacial score (nSPS) is 14.4. The van der Waals surface area contributed by atoms with Gasteiger partial charge in [0.15, 0.2) is 0 Å². The van der Waals surface area contributed by atoms with Gasteiger partial charge >= 0.3 is 0 Å². The summed E-state index contributed by atoms with van der Waals surface area (Å²) in [5, 5.41) is 3.21. The number of nitrogens with zero attached hydrogens (tertiary/aromatic N) is 1. The molecule has 0 spiro atoms. The molecule has 1 atom stereocenters. The predicted octanol–water partition coefficient (Wildman–Crippen LogP) is 2.89. The smallest absolute Gasteiger partial charge is 0.148 e. The number of H-pyrrole nitrogens is 1. The molecular formula is C12H18FN3S. The van der Waals surface area contributed by atoms with Crippen molar-refractivity contribution in [3.05, 3.63) is 17.3 Å². The molecule has 3 nitrogen and oxygen atoms in total. The lowest BCUT2D eigenvalue weighted by Gasteiger charge is -2.19. The summed E-state index contributed by atoms with van der Waals surface area (Å²) in [6.45, 7) is 5.63. The van der Waals surface area contributed by atoms with Crippen molar-refractivity contribution in [1.82, 2.24) is 15.3 Å². The summed E-state index contributed by atoms with van der Waals surface area (Å²) in [5.41, 5.74) is 2.88. The van der Waals surface area contributed by atoms with Crippen LogP contribution in [0.15, 0.2) is 11.7 Å². The Bertz CT molecular complexity index is 483. The first-order chi connectivity index (χ1) is 7.96. The van der Waals surface area contributed by atoms with Crippen LogP contribution in [0.1, 0.15) is 26.3 Å². The molecule has 5 heteroatoms. The van der Waals surface area contributed by atoms with E-state index in [-0.39, 0.29) is 6.04 Å². The molecule has 0 saturated carbocycles. The van der Waals surface area contributed by atoms with Crippen LogP contribution in [0.25, 0.3) is 10.3 Å². The van der Waals surface area contributed by atoms with Crippen LogP contribution in [0.2, 0.25) is 0 Å². The second-order valence-corrected chi connectivity index (χ2v) is 5.90. The lowest BCUT2D eigenvalue weighted by Crippen LogP contribution is -2.37. The maximum absolute atomic E-state index is 13.4. The van der Waals surface area contributed by atoms with Gasteiger partial charge in [-0.05, 0) is 32.8 Å². The maximum Gasteiger partial charge on any atom is 0.148 e. The van der Waals surface area contributed by atoms with Gasteiger partial charge in [0.05, 0.1) is 10.2 Å². The van der Waals surface area contributed by atoms with E-state index in [2.05, 4.69) is 22.2 Å². The monoisotopic (exact) mass is 255 g/mol. The summed E-state index contributed by atoms with van der Waals surface area (Å²) < 4.78 is 14.6. The van der Waals surface area contributed by atoms with Gasteiger partial charge in [0.1, 0.15) is 11.3 Å². The second-order valence-electron chi connectivity index (χ2n) is 5.05. The minimum absolute atomic E-state index is 0.256. The molecule has 17 heavy (non-hydrogen) atoms. The Morgan fingerprint density at radius 1 is 1.59 bits per heavy atom. The van der Waals surface area contributed by atoms with Crippen LogP contribution in [0.5, 0.6) is 0 Å². The molecule has 0 aliphatic rings. The third-order valence-electron chi connectivity index (χ3n) is 2.64. The van der Waals surface area contributed by atoms with Crippen molar-refractivity contribution < 1.29 is 4.39 Å². The van der Waals surface area contributed by atoms with E-state index in [0.29, 0.717) is 6.54 Å². The Morgan fingerprint density at radius 3 is 3.06 bits per heavy atom. The quantitative estimate of drug-likeness (QED) is 0.862. The summed E-state index contributed by atoms with van der Waals surface area (Å²) in [4.78, 5) is 7.36. The maximum atomic E-state index is 13.4. The van der Waals surface area contributed by atoms with Crippen LogP contribution >= 0.6 is 11.3 Å². The van der Waals surface area contributed by atoms with Crippen LogP contribution in [0, 0.1) is 0 Å². The number of thiazole rings is 1. The van der Waals surface area contributed by atoms with Gasteiger partial charge in [0.25, 0.3) is 0 Å². The van der Waals surface area contributed by atoms with Gasteiger partial charge in [-0.3, -0.25) is 0 Å². The zero-order chi connectivity index (χ0) is 12.5. The van der Waals surface area contributed by atoms with Crippen LogP contribution in [0.4, 0.5) is 4.39 Å². The fraction of sp³-hybridized carbons (Fsp3) is 0.583. The van der Waals surface area contributed by atoms with E-state index in [1.165, 1.54) is 10.3 Å². The number of aromatic amines is 1. The first kappa shape index (κ1) is 12.5. The van der Waals surface area contributed by atoms with Crippen LogP contribution in [-0.2, 0) is 6.42 Å². The van der Waals surface area contributed by atoms with Crippen LogP contribution in [0.3, 0.4) is 0 Å². The molecule has 0 aromatic carbocycles. The Labute approximate surface area is 104 Å². The molecule has 0 fully saturated rings. The van der Waals surface area contributed by atoms with Crippen molar-refractivity contribution >= 4 is 21.7 Å². The van der Waals surface area contributed by atoms with Crippen LogP contribution < -0.4 is 5.32 Å². The zero-order valence-electron chi connectivity index (χ0n) is 10.4. The lowest BCUT2D eigenvalue weighted by molar-refractivity contribution is 0.204. The number of hydrogen-bond acceptors (Lipinski definition) is 3. The van der Waals surface area contributed by atoms with E-state index < -0.39 is 5.67 Å². The van der Waals surface area contributed by atoms with E-state index in [4.69, 9.17) is 0 Å². The molecule has 1 unspecified atom stereocenters. The molecule has 2 aromatic rings. The fourth-order valence-corrected chi connectivity index (χ4v) is 2.55. The number of alkyl halides is 1. The molecule has 2 rings (SSSR count). The lowest BCUT2D eigenvalue weighted by atomic mass is 10.1. The number of fused-ring (bicyclic) bond motifs is 1. The van der Waals surface area contributed by atoms with Gasteiger partial charge in [-0.15, -0.1) is 11.3 Å². The zero-order valence-corrected chi connectivity index (χ0v) is 11.2. The average molecular weight is 255 g/mol. The summed E-state index contributed by atoms with van der Waals surface area (Å²) in [6.07, 6.45) is 2.88. The van der Waals surface area contributed by atoms with E-state index in [9.17, 15) is 4.39 Å². The molecule has 0 aliphatic carbocycles. The number of aromatic nitrogens is 2. The van der Waals surface area contributed by atoms with Gasteiger partial charge in [0.2, 0.25) is 0 Å². The molecule has 0 bridgehead atoms. The predicted molar refractivity (Wildman–Crippen MR) is 70.3 cm³/mol. The third-order valence-corrected chi connectivity index (χ3v) is 3.54. The van der Waals surface area contributed by atoms with E-state index in [1.807, 2.05) is 11.7 Å². The summed E-state index contributed by atoms with van der Waals surface area (Å²) in [5.74, 6) is 0. The summed E-state index contributed by atoms with van der Waals surface area (Å²) in [6, 6.07) is 0.256. The van der Waals surface area contributed by atoms with Gasteiger partial charge in [-0.2, -0.15) is 0 Å². The highest BCUT2D eigenvalue weighted by atomic mass is 32.1. The second kappa shape index (κ2) is 4.74.